The fourth-order valence-electron chi connectivity index (χ4n) is 3.82. The van der Waals surface area contributed by atoms with Gasteiger partial charge in [-0.3, -0.25) is 9.78 Å². The molecule has 1 fully saturated rings. The van der Waals surface area contributed by atoms with E-state index in [-0.39, 0.29) is 11.8 Å². The summed E-state index contributed by atoms with van der Waals surface area (Å²) >= 11 is 0. The summed E-state index contributed by atoms with van der Waals surface area (Å²) in [7, 11) is 0. The van der Waals surface area contributed by atoms with Crippen LogP contribution in [0, 0.1) is 6.92 Å². The van der Waals surface area contributed by atoms with Crippen LogP contribution in [0.25, 0.3) is 16.8 Å². The summed E-state index contributed by atoms with van der Waals surface area (Å²) in [6.45, 7) is 3.41. The molecule has 0 N–H and O–H groups in total. The van der Waals surface area contributed by atoms with Crippen LogP contribution in [0.2, 0.25) is 0 Å². The number of hydrogen-bond donors (Lipinski definition) is 0. The van der Waals surface area contributed by atoms with Gasteiger partial charge in [0.05, 0.1) is 0 Å². The Balaban J connectivity index is 1.36. The second-order valence-corrected chi connectivity index (χ2v) is 7.53. The average Bonchev–Trinajstić information content (AvgIpc) is 3.41. The summed E-state index contributed by atoms with van der Waals surface area (Å²) in [5.74, 6) is 1.04. The van der Waals surface area contributed by atoms with Crippen LogP contribution < -0.4 is 0 Å². The van der Waals surface area contributed by atoms with Gasteiger partial charge in [0.2, 0.25) is 0 Å². The molecule has 1 aliphatic rings. The van der Waals surface area contributed by atoms with E-state index in [2.05, 4.69) is 4.98 Å². The lowest BCUT2D eigenvalue weighted by Crippen LogP contribution is -2.28. The summed E-state index contributed by atoms with van der Waals surface area (Å²) < 4.78 is 1.83. The molecule has 4 aromatic rings. The smallest absolute Gasteiger partial charge is 0.253 e. The Hall–Kier alpha value is -3.54. The van der Waals surface area contributed by atoms with Gasteiger partial charge >= 0.3 is 0 Å². The van der Waals surface area contributed by atoms with Crippen molar-refractivity contribution < 1.29 is 4.79 Å². The first-order valence-corrected chi connectivity index (χ1v) is 9.80. The number of benzene rings is 1. The highest BCUT2D eigenvalue weighted by atomic mass is 16.2. The number of amides is 1. The van der Waals surface area contributed by atoms with Gasteiger partial charge in [0, 0.05) is 48.7 Å². The number of fused-ring (bicyclic) bond motifs is 1. The first kappa shape index (κ1) is 17.6. The standard InChI is InChI=1S/C23H21N5O/c1-16-2-4-18(5-3-16)23(29)27-13-10-20(14-27)22-25-21-7-6-19(15-28(21)26-22)17-8-11-24-12-9-17/h2-9,11-12,15,20H,10,13-14H2,1H3/t20-/m0/s1. The largest absolute Gasteiger partial charge is 0.338 e. The predicted octanol–water partition coefficient (Wildman–Crippen LogP) is 3.73. The van der Waals surface area contributed by atoms with Crippen molar-refractivity contribution in [1.82, 2.24) is 24.5 Å². The Bertz CT molecular complexity index is 1170. The maximum absolute atomic E-state index is 12.8. The van der Waals surface area contributed by atoms with Crippen LogP contribution in [0.15, 0.2) is 67.1 Å². The Kier molecular flexibility index (Phi) is 4.31. The highest BCUT2D eigenvalue weighted by molar-refractivity contribution is 5.94. The second-order valence-electron chi connectivity index (χ2n) is 7.53. The molecule has 0 unspecified atom stereocenters. The minimum atomic E-state index is 0.0798. The summed E-state index contributed by atoms with van der Waals surface area (Å²) in [5.41, 5.74) is 4.87. The monoisotopic (exact) mass is 383 g/mol. The number of rotatable bonds is 3. The minimum Gasteiger partial charge on any atom is -0.338 e. The molecule has 0 aliphatic carbocycles. The number of nitrogens with zero attached hydrogens (tertiary/aromatic N) is 5. The topological polar surface area (TPSA) is 63.4 Å². The van der Waals surface area contributed by atoms with E-state index in [1.54, 1.807) is 12.4 Å². The zero-order valence-electron chi connectivity index (χ0n) is 16.2. The third kappa shape index (κ3) is 3.38. The Labute approximate surface area is 168 Å². The van der Waals surface area contributed by atoms with Gasteiger partial charge in [0.1, 0.15) is 0 Å². The molecule has 5 rings (SSSR count). The van der Waals surface area contributed by atoms with Crippen LogP contribution in [0.3, 0.4) is 0 Å². The number of carbonyl (C=O) groups is 1. The molecule has 144 valence electrons. The molecule has 0 radical (unpaired) electrons. The van der Waals surface area contributed by atoms with Crippen molar-refractivity contribution in [2.75, 3.05) is 13.1 Å². The van der Waals surface area contributed by atoms with Crippen molar-refractivity contribution in [1.29, 1.82) is 0 Å². The van der Waals surface area contributed by atoms with Gasteiger partial charge in [-0.05, 0) is 55.3 Å². The fraction of sp³-hybridized carbons (Fsp3) is 0.217. The van der Waals surface area contributed by atoms with Crippen LogP contribution in [0.4, 0.5) is 0 Å². The summed E-state index contributed by atoms with van der Waals surface area (Å²) in [6.07, 6.45) is 6.44. The molecule has 6 heteroatoms. The van der Waals surface area contributed by atoms with Crippen LogP contribution in [0.5, 0.6) is 0 Å². The molecule has 1 saturated heterocycles. The number of pyridine rings is 2. The average molecular weight is 383 g/mol. The quantitative estimate of drug-likeness (QED) is 0.541. The highest BCUT2D eigenvalue weighted by Crippen LogP contribution is 2.27. The molecule has 0 saturated carbocycles. The maximum Gasteiger partial charge on any atom is 0.253 e. The number of likely N-dealkylation sites (tertiary alicyclic amines) is 1. The number of aromatic nitrogens is 4. The van der Waals surface area contributed by atoms with Crippen molar-refractivity contribution in [3.63, 3.8) is 0 Å². The molecule has 0 bridgehead atoms. The second kappa shape index (κ2) is 7.13. The molecule has 1 amide bonds. The van der Waals surface area contributed by atoms with Crippen molar-refractivity contribution in [3.05, 3.63) is 84.1 Å². The predicted molar refractivity (Wildman–Crippen MR) is 111 cm³/mol. The van der Waals surface area contributed by atoms with Gasteiger partial charge in [0.15, 0.2) is 11.5 Å². The van der Waals surface area contributed by atoms with Crippen molar-refractivity contribution in [2.24, 2.45) is 0 Å². The molecule has 1 aromatic carbocycles. The van der Waals surface area contributed by atoms with Gasteiger partial charge in [-0.1, -0.05) is 17.7 Å². The highest BCUT2D eigenvalue weighted by Gasteiger charge is 2.30. The van der Waals surface area contributed by atoms with Crippen molar-refractivity contribution in [3.8, 4) is 11.1 Å². The van der Waals surface area contributed by atoms with Gasteiger partial charge < -0.3 is 4.90 Å². The zero-order chi connectivity index (χ0) is 19.8. The van der Waals surface area contributed by atoms with E-state index in [4.69, 9.17) is 10.1 Å². The normalized spacial score (nSPS) is 16.4. The SMILES string of the molecule is Cc1ccc(C(=O)N2CC[C@H](c3nc4ccc(-c5ccncc5)cn4n3)C2)cc1. The van der Waals surface area contributed by atoms with Gasteiger partial charge in [-0.25, -0.2) is 9.50 Å². The zero-order valence-corrected chi connectivity index (χ0v) is 16.2. The van der Waals surface area contributed by atoms with E-state index in [1.165, 1.54) is 0 Å². The summed E-state index contributed by atoms with van der Waals surface area (Å²) in [6, 6.07) is 15.7. The van der Waals surface area contributed by atoms with E-state index < -0.39 is 0 Å². The van der Waals surface area contributed by atoms with E-state index >= 15 is 0 Å². The Morgan fingerprint density at radius 1 is 1.00 bits per heavy atom. The van der Waals surface area contributed by atoms with Gasteiger partial charge in [-0.2, -0.15) is 5.10 Å². The van der Waals surface area contributed by atoms with Crippen LogP contribution >= 0.6 is 0 Å². The third-order valence-electron chi connectivity index (χ3n) is 5.50. The summed E-state index contributed by atoms with van der Waals surface area (Å²) in [4.78, 5) is 23.5. The number of carbonyl (C=O) groups excluding carboxylic acids is 1. The molecule has 29 heavy (non-hydrogen) atoms. The molecular weight excluding hydrogens is 362 g/mol. The molecule has 3 aromatic heterocycles. The van der Waals surface area contributed by atoms with E-state index in [9.17, 15) is 4.79 Å². The first-order valence-electron chi connectivity index (χ1n) is 9.80. The summed E-state index contributed by atoms with van der Waals surface area (Å²) in [5, 5.41) is 4.71. The van der Waals surface area contributed by atoms with E-state index in [0.29, 0.717) is 6.54 Å². The Morgan fingerprint density at radius 3 is 2.59 bits per heavy atom. The van der Waals surface area contributed by atoms with Crippen LogP contribution in [0.1, 0.15) is 34.1 Å². The van der Waals surface area contributed by atoms with Gasteiger partial charge in [-0.15, -0.1) is 0 Å². The van der Waals surface area contributed by atoms with Crippen molar-refractivity contribution >= 4 is 11.6 Å². The van der Waals surface area contributed by atoms with E-state index in [1.807, 2.05) is 71.1 Å². The van der Waals surface area contributed by atoms with Gasteiger partial charge in [0.25, 0.3) is 5.91 Å². The molecule has 1 atom stereocenters. The molecule has 0 spiro atoms. The maximum atomic E-state index is 12.8. The molecule has 6 nitrogen and oxygen atoms in total. The van der Waals surface area contributed by atoms with Crippen LogP contribution in [-0.2, 0) is 0 Å². The molecule has 4 heterocycles. The lowest BCUT2D eigenvalue weighted by atomic mass is 10.1. The minimum absolute atomic E-state index is 0.0798. The van der Waals surface area contributed by atoms with E-state index in [0.717, 1.165) is 46.7 Å². The number of aryl methyl sites for hydroxylation is 1. The third-order valence-corrected chi connectivity index (χ3v) is 5.50. The molecular formula is C23H21N5O. The number of hydrogen-bond acceptors (Lipinski definition) is 4. The van der Waals surface area contributed by atoms with Crippen molar-refractivity contribution in [2.45, 2.75) is 19.3 Å². The lowest BCUT2D eigenvalue weighted by Gasteiger charge is -2.16. The lowest BCUT2D eigenvalue weighted by molar-refractivity contribution is 0.0790. The molecule has 1 aliphatic heterocycles. The Morgan fingerprint density at radius 2 is 1.79 bits per heavy atom. The fourth-order valence-corrected chi connectivity index (χ4v) is 3.82. The first-order chi connectivity index (χ1) is 14.2. The van der Waals surface area contributed by atoms with Crippen LogP contribution in [-0.4, -0.2) is 43.5 Å².